The number of carboxylic acids is 1. The SMILES string of the molecule is O=C(O)CCc1ccc(SCCNS(=O)(=O)c2ccccc2)cc1. The van der Waals surface area contributed by atoms with E-state index >= 15 is 0 Å². The van der Waals surface area contributed by atoms with Crippen molar-refractivity contribution in [3.63, 3.8) is 0 Å². The van der Waals surface area contributed by atoms with Crippen LogP contribution in [0.3, 0.4) is 0 Å². The largest absolute Gasteiger partial charge is 0.481 e. The first-order valence-corrected chi connectivity index (χ1v) is 9.92. The van der Waals surface area contributed by atoms with Crippen molar-refractivity contribution in [2.75, 3.05) is 12.3 Å². The number of benzene rings is 2. The Bertz CT molecular complexity index is 759. The molecule has 0 saturated carbocycles. The van der Waals surface area contributed by atoms with E-state index in [1.807, 2.05) is 24.3 Å². The van der Waals surface area contributed by atoms with Gasteiger partial charge in [0.15, 0.2) is 0 Å². The smallest absolute Gasteiger partial charge is 0.303 e. The Kier molecular flexibility index (Phi) is 6.84. The zero-order valence-corrected chi connectivity index (χ0v) is 14.6. The number of nitrogens with one attached hydrogen (secondary N) is 1. The van der Waals surface area contributed by atoms with E-state index in [-0.39, 0.29) is 11.3 Å². The fourth-order valence-corrected chi connectivity index (χ4v) is 3.98. The first-order valence-electron chi connectivity index (χ1n) is 7.45. The van der Waals surface area contributed by atoms with Crippen LogP contribution in [0.15, 0.2) is 64.4 Å². The minimum atomic E-state index is -3.46. The van der Waals surface area contributed by atoms with Crippen LogP contribution in [0.2, 0.25) is 0 Å². The molecule has 0 aromatic heterocycles. The van der Waals surface area contributed by atoms with Crippen LogP contribution < -0.4 is 4.72 Å². The van der Waals surface area contributed by atoms with Crippen LogP contribution in [0.25, 0.3) is 0 Å². The van der Waals surface area contributed by atoms with E-state index in [0.717, 1.165) is 10.5 Å². The molecule has 7 heteroatoms. The highest BCUT2D eigenvalue weighted by molar-refractivity contribution is 7.99. The average molecular weight is 365 g/mol. The second kappa shape index (κ2) is 8.86. The van der Waals surface area contributed by atoms with Gasteiger partial charge in [-0.3, -0.25) is 4.79 Å². The second-order valence-corrected chi connectivity index (χ2v) is 8.03. The van der Waals surface area contributed by atoms with Crippen LogP contribution >= 0.6 is 11.8 Å². The summed E-state index contributed by atoms with van der Waals surface area (Å²) in [6, 6.07) is 15.9. The van der Waals surface area contributed by atoms with Gasteiger partial charge in [-0.25, -0.2) is 13.1 Å². The number of hydrogen-bond donors (Lipinski definition) is 2. The normalized spacial score (nSPS) is 11.3. The van der Waals surface area contributed by atoms with E-state index < -0.39 is 16.0 Å². The van der Waals surface area contributed by atoms with E-state index in [4.69, 9.17) is 5.11 Å². The Morgan fingerprint density at radius 3 is 2.33 bits per heavy atom. The summed E-state index contributed by atoms with van der Waals surface area (Å²) in [5.74, 6) is -0.195. The Morgan fingerprint density at radius 2 is 1.71 bits per heavy atom. The minimum Gasteiger partial charge on any atom is -0.481 e. The van der Waals surface area contributed by atoms with Gasteiger partial charge in [0, 0.05) is 23.6 Å². The van der Waals surface area contributed by atoms with Crippen LogP contribution in [0.5, 0.6) is 0 Å². The highest BCUT2D eigenvalue weighted by atomic mass is 32.2. The topological polar surface area (TPSA) is 83.5 Å². The van der Waals surface area contributed by atoms with Crippen molar-refractivity contribution in [2.24, 2.45) is 0 Å². The number of sulfonamides is 1. The monoisotopic (exact) mass is 365 g/mol. The van der Waals surface area contributed by atoms with Crippen molar-refractivity contribution in [3.8, 4) is 0 Å². The molecule has 0 aliphatic rings. The van der Waals surface area contributed by atoms with E-state index in [9.17, 15) is 13.2 Å². The Balaban J connectivity index is 1.77. The van der Waals surface area contributed by atoms with Gasteiger partial charge in [-0.1, -0.05) is 30.3 Å². The van der Waals surface area contributed by atoms with Gasteiger partial charge in [-0.2, -0.15) is 0 Å². The fraction of sp³-hybridized carbons (Fsp3) is 0.235. The van der Waals surface area contributed by atoms with E-state index in [1.54, 1.807) is 42.1 Å². The molecule has 2 N–H and O–H groups in total. The average Bonchev–Trinajstić information content (AvgIpc) is 2.59. The Morgan fingerprint density at radius 1 is 1.04 bits per heavy atom. The lowest BCUT2D eigenvalue weighted by Gasteiger charge is -2.07. The molecule has 24 heavy (non-hydrogen) atoms. The zero-order chi connectivity index (χ0) is 17.4. The van der Waals surface area contributed by atoms with Crippen molar-refractivity contribution < 1.29 is 18.3 Å². The summed E-state index contributed by atoms with van der Waals surface area (Å²) in [6.07, 6.45) is 0.630. The van der Waals surface area contributed by atoms with Crippen molar-refractivity contribution in [1.82, 2.24) is 4.72 Å². The van der Waals surface area contributed by atoms with Crippen molar-refractivity contribution in [3.05, 3.63) is 60.2 Å². The molecule has 0 aliphatic carbocycles. The summed E-state index contributed by atoms with van der Waals surface area (Å²) >= 11 is 1.55. The van der Waals surface area contributed by atoms with Crippen LogP contribution in [-0.4, -0.2) is 31.8 Å². The lowest BCUT2D eigenvalue weighted by Crippen LogP contribution is -2.25. The van der Waals surface area contributed by atoms with Gasteiger partial charge in [0.2, 0.25) is 10.0 Å². The molecule has 2 rings (SSSR count). The Hall–Kier alpha value is -1.83. The number of aliphatic carboxylic acids is 1. The molecule has 0 spiro atoms. The molecule has 0 heterocycles. The predicted octanol–water partition coefficient (Wildman–Crippen LogP) is 2.77. The molecule has 0 bridgehead atoms. The number of hydrogen-bond acceptors (Lipinski definition) is 4. The second-order valence-electron chi connectivity index (χ2n) is 5.10. The standard InChI is InChI=1S/C17H19NO4S2/c19-17(20)11-8-14-6-9-15(10-7-14)23-13-12-18-24(21,22)16-4-2-1-3-5-16/h1-7,9-10,18H,8,11-13H2,(H,19,20). The van der Waals surface area contributed by atoms with Crippen molar-refractivity contribution in [2.45, 2.75) is 22.6 Å². The summed E-state index contributed by atoms with van der Waals surface area (Å²) < 4.78 is 26.7. The number of aryl methyl sites for hydroxylation is 1. The summed E-state index contributed by atoms with van der Waals surface area (Å²) in [4.78, 5) is 11.8. The number of carbonyl (C=O) groups is 1. The third-order valence-electron chi connectivity index (χ3n) is 3.27. The summed E-state index contributed by atoms with van der Waals surface area (Å²) in [7, 11) is -3.46. The first kappa shape index (κ1) is 18.5. The minimum absolute atomic E-state index is 0.119. The quantitative estimate of drug-likeness (QED) is 0.527. The molecule has 0 radical (unpaired) electrons. The number of thioether (sulfide) groups is 1. The van der Waals surface area contributed by atoms with Crippen LogP contribution in [0.4, 0.5) is 0 Å². The van der Waals surface area contributed by atoms with Gasteiger partial charge < -0.3 is 5.11 Å². The maximum atomic E-state index is 12.0. The molecule has 0 saturated heterocycles. The first-order chi connectivity index (χ1) is 11.5. The van der Waals surface area contributed by atoms with Gasteiger partial charge in [-0.15, -0.1) is 11.8 Å². The molecule has 0 aliphatic heterocycles. The molecule has 2 aromatic carbocycles. The third-order valence-corrected chi connectivity index (χ3v) is 5.76. The Labute approximate surface area is 146 Å². The molecule has 2 aromatic rings. The molecular weight excluding hydrogens is 346 g/mol. The van der Waals surface area contributed by atoms with Gasteiger partial charge >= 0.3 is 5.97 Å². The highest BCUT2D eigenvalue weighted by Crippen LogP contribution is 2.18. The lowest BCUT2D eigenvalue weighted by molar-refractivity contribution is -0.136. The van der Waals surface area contributed by atoms with Crippen molar-refractivity contribution in [1.29, 1.82) is 0 Å². The van der Waals surface area contributed by atoms with E-state index in [2.05, 4.69) is 4.72 Å². The fourth-order valence-electron chi connectivity index (χ4n) is 2.03. The summed E-state index contributed by atoms with van der Waals surface area (Å²) in [5.41, 5.74) is 0.978. The van der Waals surface area contributed by atoms with Crippen LogP contribution in [-0.2, 0) is 21.2 Å². The number of rotatable bonds is 9. The van der Waals surface area contributed by atoms with Gasteiger partial charge in [0.25, 0.3) is 0 Å². The molecule has 0 unspecified atom stereocenters. The predicted molar refractivity (Wildman–Crippen MR) is 94.8 cm³/mol. The van der Waals surface area contributed by atoms with Crippen LogP contribution in [0.1, 0.15) is 12.0 Å². The zero-order valence-electron chi connectivity index (χ0n) is 13.0. The van der Waals surface area contributed by atoms with Crippen LogP contribution in [0, 0.1) is 0 Å². The highest BCUT2D eigenvalue weighted by Gasteiger charge is 2.11. The third kappa shape index (κ3) is 5.99. The van der Waals surface area contributed by atoms with E-state index in [1.165, 1.54) is 0 Å². The molecule has 0 atom stereocenters. The maximum absolute atomic E-state index is 12.0. The summed E-state index contributed by atoms with van der Waals surface area (Å²) in [5, 5.41) is 8.66. The maximum Gasteiger partial charge on any atom is 0.303 e. The summed E-state index contributed by atoms with van der Waals surface area (Å²) in [6.45, 7) is 0.336. The van der Waals surface area contributed by atoms with Gasteiger partial charge in [0.05, 0.1) is 4.90 Å². The molecule has 0 amide bonds. The van der Waals surface area contributed by atoms with E-state index in [0.29, 0.717) is 18.7 Å². The molecule has 0 fully saturated rings. The van der Waals surface area contributed by atoms with Crippen molar-refractivity contribution >= 4 is 27.8 Å². The van der Waals surface area contributed by atoms with Gasteiger partial charge in [-0.05, 0) is 36.2 Å². The molecule has 5 nitrogen and oxygen atoms in total. The molecule has 128 valence electrons. The van der Waals surface area contributed by atoms with Gasteiger partial charge in [0.1, 0.15) is 0 Å². The number of carboxylic acid groups (broad SMARTS) is 1. The lowest BCUT2D eigenvalue weighted by atomic mass is 10.1. The molecular formula is C17H19NO4S2.